The van der Waals surface area contributed by atoms with Gasteiger partial charge in [0.2, 0.25) is 0 Å². The molecule has 88 valence electrons. The first kappa shape index (κ1) is 13.9. The molecule has 0 saturated carbocycles. The number of alkyl halides is 3. The normalized spacial score (nSPS) is 12.3. The van der Waals surface area contributed by atoms with Gasteiger partial charge in [-0.05, 0) is 20.8 Å². The zero-order valence-electron chi connectivity index (χ0n) is 8.21. The third-order valence-corrected chi connectivity index (χ3v) is 1.24. The van der Waals surface area contributed by atoms with Gasteiger partial charge in [0.05, 0.1) is 5.41 Å². The summed E-state index contributed by atoms with van der Waals surface area (Å²) >= 11 is 0. The van der Waals surface area contributed by atoms with Gasteiger partial charge < -0.3 is 4.74 Å². The minimum absolute atomic E-state index is 1.25. The van der Waals surface area contributed by atoms with Crippen molar-refractivity contribution >= 4 is 5.97 Å². The average molecular weight is 232 g/mol. The smallest absolute Gasteiger partial charge is 0.415 e. The molecule has 0 saturated heterocycles. The number of hydrogen-bond donors (Lipinski definition) is 0. The predicted molar refractivity (Wildman–Crippen MR) is 40.8 cm³/mol. The lowest BCUT2D eigenvalue weighted by atomic mass is 9.97. The SMILES string of the molecule is CC(C)(C)C(=O)OC(=C(F)F)C(F)(F)F. The Morgan fingerprint density at radius 1 is 1.07 bits per heavy atom. The van der Waals surface area contributed by atoms with E-state index >= 15 is 0 Å². The summed E-state index contributed by atoms with van der Waals surface area (Å²) in [6.45, 7) is 3.75. The Hall–Kier alpha value is -1.14. The van der Waals surface area contributed by atoms with Crippen LogP contribution in [0.1, 0.15) is 20.8 Å². The molecule has 0 unspecified atom stereocenters. The maximum Gasteiger partial charge on any atom is 0.455 e. The molecule has 0 amide bonds. The lowest BCUT2D eigenvalue weighted by molar-refractivity contribution is -0.169. The van der Waals surface area contributed by atoms with Crippen LogP contribution in [0.3, 0.4) is 0 Å². The van der Waals surface area contributed by atoms with E-state index in [1.54, 1.807) is 0 Å². The Kier molecular flexibility index (Phi) is 3.84. The molecule has 0 spiro atoms. The van der Waals surface area contributed by atoms with Gasteiger partial charge in [0.1, 0.15) is 0 Å². The van der Waals surface area contributed by atoms with Gasteiger partial charge in [-0.25, -0.2) is 0 Å². The number of hydrogen-bond acceptors (Lipinski definition) is 2. The largest absolute Gasteiger partial charge is 0.455 e. The summed E-state index contributed by atoms with van der Waals surface area (Å²) in [4.78, 5) is 10.9. The zero-order valence-corrected chi connectivity index (χ0v) is 8.21. The fourth-order valence-corrected chi connectivity index (χ4v) is 0.449. The molecule has 15 heavy (non-hydrogen) atoms. The van der Waals surface area contributed by atoms with E-state index in [0.717, 1.165) is 0 Å². The third-order valence-electron chi connectivity index (χ3n) is 1.24. The number of ether oxygens (including phenoxy) is 1. The van der Waals surface area contributed by atoms with Gasteiger partial charge in [0, 0.05) is 0 Å². The van der Waals surface area contributed by atoms with E-state index in [-0.39, 0.29) is 0 Å². The highest BCUT2D eigenvalue weighted by molar-refractivity contribution is 5.76. The van der Waals surface area contributed by atoms with E-state index in [1.165, 1.54) is 20.8 Å². The first-order valence-corrected chi connectivity index (χ1v) is 3.81. The Bertz CT molecular complexity index is 280. The van der Waals surface area contributed by atoms with Crippen molar-refractivity contribution in [2.45, 2.75) is 26.9 Å². The molecule has 2 nitrogen and oxygen atoms in total. The average Bonchev–Trinajstić information content (AvgIpc) is 1.94. The lowest BCUT2D eigenvalue weighted by Crippen LogP contribution is -2.27. The standard InChI is InChI=1S/C8H9F5O2/c1-7(2,3)6(14)15-4(5(9)10)8(11,12)13/h1-3H3. The van der Waals surface area contributed by atoms with Crippen LogP contribution in [0.25, 0.3) is 0 Å². The summed E-state index contributed by atoms with van der Waals surface area (Å²) in [6.07, 6.45) is -8.44. The van der Waals surface area contributed by atoms with E-state index in [9.17, 15) is 26.7 Å². The third kappa shape index (κ3) is 4.26. The molecule has 0 fully saturated rings. The number of carbonyl (C=O) groups is 1. The highest BCUT2D eigenvalue weighted by Crippen LogP contribution is 2.32. The van der Waals surface area contributed by atoms with Crippen molar-refractivity contribution < 1.29 is 31.5 Å². The van der Waals surface area contributed by atoms with Crippen LogP contribution in [0.2, 0.25) is 0 Å². The van der Waals surface area contributed by atoms with Crippen molar-refractivity contribution in [3.8, 4) is 0 Å². The Labute approximate surface area is 82.7 Å². The first-order chi connectivity index (χ1) is 6.46. The zero-order chi connectivity index (χ0) is 12.4. The molecule has 0 aliphatic heterocycles. The number of rotatable bonds is 1. The Balaban J connectivity index is 4.93. The molecule has 0 rings (SSSR count). The van der Waals surface area contributed by atoms with Crippen molar-refractivity contribution in [1.29, 1.82) is 0 Å². The highest BCUT2D eigenvalue weighted by atomic mass is 19.4. The minimum atomic E-state index is -5.38. The van der Waals surface area contributed by atoms with Crippen LogP contribution in [0.15, 0.2) is 11.8 Å². The van der Waals surface area contributed by atoms with Gasteiger partial charge in [0.15, 0.2) is 0 Å². The minimum Gasteiger partial charge on any atom is -0.415 e. The van der Waals surface area contributed by atoms with E-state index < -0.39 is 29.4 Å². The molecular formula is C8H9F5O2. The molecule has 0 radical (unpaired) electrons. The monoisotopic (exact) mass is 232 g/mol. The van der Waals surface area contributed by atoms with Crippen LogP contribution >= 0.6 is 0 Å². The van der Waals surface area contributed by atoms with E-state index in [1.807, 2.05) is 0 Å². The van der Waals surface area contributed by atoms with Gasteiger partial charge in [-0.3, -0.25) is 4.79 Å². The van der Waals surface area contributed by atoms with Crippen molar-refractivity contribution in [2.75, 3.05) is 0 Å². The number of allylic oxidation sites excluding steroid dienone is 1. The van der Waals surface area contributed by atoms with Crippen molar-refractivity contribution in [1.82, 2.24) is 0 Å². The molecular weight excluding hydrogens is 223 g/mol. The van der Waals surface area contributed by atoms with Gasteiger partial charge in [-0.15, -0.1) is 0 Å². The van der Waals surface area contributed by atoms with Crippen LogP contribution in [0.4, 0.5) is 22.0 Å². The van der Waals surface area contributed by atoms with E-state index in [2.05, 4.69) is 4.74 Å². The molecule has 0 aromatic rings. The van der Waals surface area contributed by atoms with Crippen LogP contribution < -0.4 is 0 Å². The molecule has 0 aliphatic carbocycles. The summed E-state index contributed by atoms with van der Waals surface area (Å²) in [5.41, 5.74) is -1.29. The highest BCUT2D eigenvalue weighted by Gasteiger charge is 2.43. The molecule has 0 bridgehead atoms. The van der Waals surface area contributed by atoms with E-state index in [4.69, 9.17) is 0 Å². The molecule has 0 N–H and O–H groups in total. The van der Waals surface area contributed by atoms with Crippen LogP contribution in [-0.4, -0.2) is 12.1 Å². The van der Waals surface area contributed by atoms with Gasteiger partial charge >= 0.3 is 18.2 Å². The van der Waals surface area contributed by atoms with Crippen LogP contribution in [0.5, 0.6) is 0 Å². The summed E-state index contributed by atoms with van der Waals surface area (Å²) in [7, 11) is 0. The summed E-state index contributed by atoms with van der Waals surface area (Å²) in [5, 5.41) is 0. The molecule has 0 atom stereocenters. The molecule has 0 heterocycles. The molecule has 7 heteroatoms. The van der Waals surface area contributed by atoms with Crippen LogP contribution in [-0.2, 0) is 9.53 Å². The maximum atomic E-state index is 11.9. The second-order valence-corrected chi connectivity index (χ2v) is 3.73. The second-order valence-electron chi connectivity index (χ2n) is 3.73. The number of carbonyl (C=O) groups excluding carboxylic acids is 1. The fraction of sp³-hybridized carbons (Fsp3) is 0.625. The van der Waals surface area contributed by atoms with Crippen LogP contribution in [0, 0.1) is 5.41 Å². The second kappa shape index (κ2) is 4.16. The Morgan fingerprint density at radius 3 is 1.67 bits per heavy atom. The lowest BCUT2D eigenvalue weighted by Gasteiger charge is -2.18. The molecule has 0 aliphatic rings. The summed E-state index contributed by atoms with van der Waals surface area (Å²) < 4.78 is 63.0. The fourth-order valence-electron chi connectivity index (χ4n) is 0.449. The topological polar surface area (TPSA) is 26.3 Å². The van der Waals surface area contributed by atoms with Crippen molar-refractivity contribution in [3.05, 3.63) is 11.8 Å². The van der Waals surface area contributed by atoms with E-state index in [0.29, 0.717) is 0 Å². The van der Waals surface area contributed by atoms with Gasteiger partial charge in [-0.1, -0.05) is 0 Å². The van der Waals surface area contributed by atoms with Gasteiger partial charge in [-0.2, -0.15) is 22.0 Å². The number of halogens is 5. The van der Waals surface area contributed by atoms with Crippen molar-refractivity contribution in [2.24, 2.45) is 5.41 Å². The van der Waals surface area contributed by atoms with Crippen molar-refractivity contribution in [3.63, 3.8) is 0 Å². The first-order valence-electron chi connectivity index (χ1n) is 3.81. The number of esters is 1. The summed E-state index contributed by atoms with van der Waals surface area (Å²) in [6, 6.07) is 0. The Morgan fingerprint density at radius 2 is 1.47 bits per heavy atom. The summed E-state index contributed by atoms with van der Waals surface area (Å²) in [5.74, 6) is -3.93. The molecule has 0 aromatic carbocycles. The van der Waals surface area contributed by atoms with Gasteiger partial charge in [0.25, 0.3) is 5.76 Å². The quantitative estimate of drug-likeness (QED) is 0.394. The molecule has 0 aromatic heterocycles. The predicted octanol–water partition coefficient (Wildman–Crippen LogP) is 3.25. The maximum absolute atomic E-state index is 11.9.